The van der Waals surface area contributed by atoms with Gasteiger partial charge in [0, 0.05) is 28.6 Å². The van der Waals surface area contributed by atoms with Gasteiger partial charge in [-0.3, -0.25) is 4.98 Å². The van der Waals surface area contributed by atoms with Gasteiger partial charge < -0.3 is 4.98 Å². The van der Waals surface area contributed by atoms with Crippen LogP contribution < -0.4 is 0 Å². The fourth-order valence-corrected chi connectivity index (χ4v) is 2.52. The summed E-state index contributed by atoms with van der Waals surface area (Å²) in [5.74, 6) is 1.22. The quantitative estimate of drug-likeness (QED) is 0.691. The third-order valence-corrected chi connectivity index (χ3v) is 3.99. The number of benzene rings is 1. The van der Waals surface area contributed by atoms with Crippen LogP contribution in [-0.2, 0) is 0 Å². The molecule has 0 fully saturated rings. The Morgan fingerprint density at radius 1 is 1.19 bits per heavy atom. The lowest BCUT2D eigenvalue weighted by Gasteiger charge is -2.12. The minimum absolute atomic E-state index is 0.305. The molecule has 4 heteroatoms. The van der Waals surface area contributed by atoms with Gasteiger partial charge >= 0.3 is 0 Å². The van der Waals surface area contributed by atoms with Crippen LogP contribution in [0.4, 0.5) is 0 Å². The Balaban J connectivity index is 2.24. The summed E-state index contributed by atoms with van der Waals surface area (Å²) in [4.78, 5) is 12.4. The average molecular weight is 295 g/mol. The molecule has 0 aliphatic rings. The molecule has 3 aromatic rings. The van der Waals surface area contributed by atoms with Gasteiger partial charge in [-0.1, -0.05) is 44.3 Å². The maximum absolute atomic E-state index is 5.39. The molecule has 1 N–H and O–H groups in total. The number of hydrogen-bond donors (Lipinski definition) is 1. The Kier molecular flexibility index (Phi) is 3.55. The molecule has 106 valence electrons. The Bertz CT molecular complexity index is 865. The zero-order chi connectivity index (χ0) is 15.0. The van der Waals surface area contributed by atoms with Crippen molar-refractivity contribution in [2.75, 3.05) is 0 Å². The molecular weight excluding hydrogens is 278 g/mol. The number of hydrogen-bond acceptors (Lipinski definition) is 3. The fourth-order valence-electron chi connectivity index (χ4n) is 2.32. The number of H-pyrrole nitrogens is 1. The molecule has 0 aliphatic heterocycles. The van der Waals surface area contributed by atoms with Crippen LogP contribution in [-0.4, -0.2) is 15.0 Å². The molecule has 0 saturated carbocycles. The number of nitrogens with zero attached hydrogens (tertiary/aromatic N) is 2. The van der Waals surface area contributed by atoms with Crippen molar-refractivity contribution in [2.24, 2.45) is 0 Å². The first kappa shape index (κ1) is 13.9. The molecule has 0 amide bonds. The van der Waals surface area contributed by atoms with Gasteiger partial charge in [-0.15, -0.1) is 0 Å². The molecule has 3 nitrogen and oxygen atoms in total. The molecule has 0 saturated heterocycles. The molecule has 0 unspecified atom stereocenters. The lowest BCUT2D eigenvalue weighted by molar-refractivity contribution is 0.770. The first-order valence-corrected chi connectivity index (χ1v) is 7.43. The highest BCUT2D eigenvalue weighted by Gasteiger charge is 2.10. The predicted molar refractivity (Wildman–Crippen MR) is 89.0 cm³/mol. The van der Waals surface area contributed by atoms with E-state index in [4.69, 9.17) is 12.2 Å². The number of para-hydroxylation sites is 1. The summed E-state index contributed by atoms with van der Waals surface area (Å²) in [5, 5.41) is 1.12. The number of nitrogens with one attached hydrogen (secondary N) is 1. The molecule has 0 spiro atoms. The van der Waals surface area contributed by atoms with Gasteiger partial charge in [0.25, 0.3) is 0 Å². The Labute approximate surface area is 129 Å². The van der Waals surface area contributed by atoms with Gasteiger partial charge in [-0.25, -0.2) is 4.98 Å². The van der Waals surface area contributed by atoms with Crippen molar-refractivity contribution in [3.05, 3.63) is 52.6 Å². The molecule has 0 radical (unpaired) electrons. The van der Waals surface area contributed by atoms with E-state index in [9.17, 15) is 0 Å². The first-order chi connectivity index (χ1) is 10.1. The number of pyridine rings is 1. The van der Waals surface area contributed by atoms with Crippen molar-refractivity contribution in [1.29, 1.82) is 0 Å². The lowest BCUT2D eigenvalue weighted by Crippen LogP contribution is -2.02. The molecule has 0 atom stereocenters. The van der Waals surface area contributed by atoms with Crippen LogP contribution in [0.2, 0.25) is 0 Å². The number of fused-ring (bicyclic) bond motifs is 1. The highest BCUT2D eigenvalue weighted by atomic mass is 32.1. The SMILES string of the molecule is Cc1c(-c2cnc3ccccc3c2)[nH]c(C(C)C)nc1=S. The van der Waals surface area contributed by atoms with E-state index in [1.54, 1.807) is 0 Å². The van der Waals surface area contributed by atoms with Crippen LogP contribution in [0.25, 0.3) is 22.2 Å². The Hall–Kier alpha value is -2.07. The number of aromatic amines is 1. The third kappa shape index (κ3) is 2.59. The molecule has 2 aromatic heterocycles. The molecule has 1 aromatic carbocycles. The van der Waals surface area contributed by atoms with Gasteiger partial charge in [-0.2, -0.15) is 0 Å². The van der Waals surface area contributed by atoms with E-state index < -0.39 is 0 Å². The van der Waals surface area contributed by atoms with Crippen molar-refractivity contribution in [3.8, 4) is 11.3 Å². The van der Waals surface area contributed by atoms with Crippen LogP contribution in [0, 0.1) is 11.6 Å². The van der Waals surface area contributed by atoms with E-state index in [1.165, 1.54) is 0 Å². The molecule has 2 heterocycles. The summed E-state index contributed by atoms with van der Waals surface area (Å²) in [5.41, 5.74) is 4.04. The van der Waals surface area contributed by atoms with Crippen LogP contribution in [0.5, 0.6) is 0 Å². The Morgan fingerprint density at radius 3 is 2.71 bits per heavy atom. The Morgan fingerprint density at radius 2 is 1.95 bits per heavy atom. The fraction of sp³-hybridized carbons (Fsp3) is 0.235. The third-order valence-electron chi connectivity index (χ3n) is 3.60. The predicted octanol–water partition coefficient (Wildman–Crippen LogP) is 4.79. The second kappa shape index (κ2) is 5.37. The topological polar surface area (TPSA) is 41.6 Å². The minimum Gasteiger partial charge on any atom is -0.343 e. The summed E-state index contributed by atoms with van der Waals surface area (Å²) < 4.78 is 0.653. The monoisotopic (exact) mass is 295 g/mol. The van der Waals surface area contributed by atoms with Crippen molar-refractivity contribution >= 4 is 23.1 Å². The van der Waals surface area contributed by atoms with Crippen LogP contribution in [0.15, 0.2) is 36.5 Å². The second-order valence-electron chi connectivity index (χ2n) is 5.50. The van der Waals surface area contributed by atoms with Crippen LogP contribution in [0.3, 0.4) is 0 Å². The van der Waals surface area contributed by atoms with E-state index in [0.29, 0.717) is 10.6 Å². The summed E-state index contributed by atoms with van der Waals surface area (Å²) in [6.07, 6.45) is 1.89. The maximum atomic E-state index is 5.39. The van der Waals surface area contributed by atoms with Crippen LogP contribution >= 0.6 is 12.2 Å². The van der Waals surface area contributed by atoms with E-state index in [1.807, 2.05) is 31.3 Å². The highest BCUT2D eigenvalue weighted by Crippen LogP contribution is 2.25. The number of aromatic nitrogens is 3. The van der Waals surface area contributed by atoms with E-state index in [2.05, 4.69) is 40.9 Å². The molecule has 21 heavy (non-hydrogen) atoms. The van der Waals surface area contributed by atoms with Gasteiger partial charge in [0.1, 0.15) is 10.5 Å². The summed E-state index contributed by atoms with van der Waals surface area (Å²) >= 11 is 5.39. The summed E-state index contributed by atoms with van der Waals surface area (Å²) in [7, 11) is 0. The van der Waals surface area contributed by atoms with Crippen molar-refractivity contribution in [1.82, 2.24) is 15.0 Å². The van der Waals surface area contributed by atoms with Crippen molar-refractivity contribution in [2.45, 2.75) is 26.7 Å². The zero-order valence-corrected chi connectivity index (χ0v) is 13.2. The maximum Gasteiger partial charge on any atom is 0.133 e. The standard InChI is InChI=1S/C17H17N3S/c1-10(2)16-19-15(11(3)17(21)20-16)13-8-12-6-4-5-7-14(12)18-9-13/h4-10H,1-3H3,(H,19,20,21). The van der Waals surface area contributed by atoms with Crippen LogP contribution in [0.1, 0.15) is 31.2 Å². The lowest BCUT2D eigenvalue weighted by atomic mass is 10.1. The second-order valence-corrected chi connectivity index (χ2v) is 5.89. The van der Waals surface area contributed by atoms with E-state index in [-0.39, 0.29) is 0 Å². The zero-order valence-electron chi connectivity index (χ0n) is 12.3. The smallest absolute Gasteiger partial charge is 0.133 e. The van der Waals surface area contributed by atoms with Gasteiger partial charge in [0.15, 0.2) is 0 Å². The van der Waals surface area contributed by atoms with Gasteiger partial charge in [0.2, 0.25) is 0 Å². The molecule has 0 bridgehead atoms. The molecule has 3 rings (SSSR count). The van der Waals surface area contributed by atoms with E-state index >= 15 is 0 Å². The first-order valence-electron chi connectivity index (χ1n) is 7.02. The molecular formula is C17H17N3S. The normalized spacial score (nSPS) is 11.2. The minimum atomic E-state index is 0.305. The van der Waals surface area contributed by atoms with Gasteiger partial charge in [-0.05, 0) is 19.1 Å². The largest absolute Gasteiger partial charge is 0.343 e. The van der Waals surface area contributed by atoms with Gasteiger partial charge in [0.05, 0.1) is 11.2 Å². The van der Waals surface area contributed by atoms with Crippen molar-refractivity contribution < 1.29 is 0 Å². The molecule has 0 aliphatic carbocycles. The van der Waals surface area contributed by atoms with Crippen molar-refractivity contribution in [3.63, 3.8) is 0 Å². The summed E-state index contributed by atoms with van der Waals surface area (Å²) in [6, 6.07) is 10.2. The number of rotatable bonds is 2. The summed E-state index contributed by atoms with van der Waals surface area (Å²) in [6.45, 7) is 6.21. The van der Waals surface area contributed by atoms with E-state index in [0.717, 1.165) is 33.5 Å². The average Bonchev–Trinajstić information content (AvgIpc) is 2.49. The highest BCUT2D eigenvalue weighted by molar-refractivity contribution is 7.71.